The molecule has 0 aliphatic carbocycles. The Labute approximate surface area is 249 Å². The summed E-state index contributed by atoms with van der Waals surface area (Å²) in [6.45, 7) is 0.712. The molecule has 41 heavy (non-hydrogen) atoms. The van der Waals surface area contributed by atoms with Gasteiger partial charge in [0.2, 0.25) is 5.91 Å². The summed E-state index contributed by atoms with van der Waals surface area (Å²) < 4.78 is -0.636. The standard InChI is InChI=1S/C24H41N5O11.Cu/c1-2-25-19(30)13-26-5-3-9-29(17-23(37)38,18-24(39)40)12-8-27(14-20(31)32)6-4-10-28(11-7-26,15-21(33)34)16-22(35)36;/h2-18H2,1H3,(H4-2,25,30,31,32,33,34,35,36,37,38,39,40);/q;+2/p+2/i;1+0. The smallest absolute Gasteiger partial charge is 0.480 e. The van der Waals surface area contributed by atoms with Crippen LogP contribution in [0.25, 0.3) is 0 Å². The molecular weight excluding hydrogens is 598 g/mol. The van der Waals surface area contributed by atoms with Gasteiger partial charge in [-0.25, -0.2) is 19.2 Å². The number of carboxylic acid groups (broad SMARTS) is 5. The second kappa shape index (κ2) is 18.6. The Morgan fingerprint density at radius 1 is 0.585 bits per heavy atom. The van der Waals surface area contributed by atoms with Crippen molar-refractivity contribution in [3.8, 4) is 0 Å². The largest absolute Gasteiger partial charge is 2.00 e. The summed E-state index contributed by atoms with van der Waals surface area (Å²) in [6.07, 6.45) is 0.527. The molecule has 1 rings (SSSR count). The Hall–Kier alpha value is -2.82. The summed E-state index contributed by atoms with van der Waals surface area (Å²) in [5, 5.41) is 50.4. The molecule has 0 spiro atoms. The van der Waals surface area contributed by atoms with E-state index in [-0.39, 0.29) is 104 Å². The van der Waals surface area contributed by atoms with E-state index in [2.05, 4.69) is 5.32 Å². The number of nitrogens with zero attached hydrogens (tertiary/aromatic N) is 4. The van der Waals surface area contributed by atoms with E-state index in [1.807, 2.05) is 0 Å². The molecule has 16 nitrogen and oxygen atoms in total. The quantitative estimate of drug-likeness (QED) is 0.0911. The van der Waals surface area contributed by atoms with Gasteiger partial charge in [0, 0.05) is 45.6 Å². The number of carboxylic acids is 5. The molecule has 0 saturated carbocycles. The molecule has 17 heteroatoms. The molecule has 1 fully saturated rings. The molecule has 0 atom stereocenters. The fourth-order valence-corrected chi connectivity index (χ4v) is 5.27. The van der Waals surface area contributed by atoms with Gasteiger partial charge in [-0.1, -0.05) is 0 Å². The van der Waals surface area contributed by atoms with Gasteiger partial charge in [-0.2, -0.15) is 0 Å². The molecule has 1 heterocycles. The number of aliphatic carboxylic acids is 5. The summed E-state index contributed by atoms with van der Waals surface area (Å²) in [5.74, 6) is -6.21. The van der Waals surface area contributed by atoms with Crippen molar-refractivity contribution in [2.24, 2.45) is 0 Å². The van der Waals surface area contributed by atoms with Crippen LogP contribution in [0.4, 0.5) is 0 Å². The maximum Gasteiger partial charge on any atom is 2.00 e. The maximum atomic E-state index is 12.4. The molecule has 0 aromatic carbocycles. The van der Waals surface area contributed by atoms with Crippen LogP contribution in [0, 0.1) is 0 Å². The number of likely N-dealkylation sites (N-methyl/N-ethyl adjacent to an activating group) is 1. The van der Waals surface area contributed by atoms with Gasteiger partial charge in [-0.15, -0.1) is 0 Å². The van der Waals surface area contributed by atoms with Crippen molar-refractivity contribution in [3.05, 3.63) is 0 Å². The number of carbonyl (C=O) groups excluding carboxylic acids is 1. The summed E-state index contributed by atoms with van der Waals surface area (Å²) in [5.41, 5.74) is 0. The number of amides is 1. The monoisotopic (exact) mass is 641 g/mol. The van der Waals surface area contributed by atoms with Crippen LogP contribution in [-0.4, -0.2) is 178 Å². The van der Waals surface area contributed by atoms with E-state index in [0.717, 1.165) is 0 Å². The number of hydrogen-bond acceptors (Lipinski definition) is 8. The van der Waals surface area contributed by atoms with Crippen molar-refractivity contribution >= 4 is 35.8 Å². The van der Waals surface area contributed by atoms with Gasteiger partial charge >= 0.3 is 46.9 Å². The molecule has 1 aliphatic heterocycles. The minimum absolute atomic E-state index is 0. The van der Waals surface area contributed by atoms with E-state index in [1.54, 1.807) is 11.8 Å². The molecular formula is C24H43CuN5O11+4. The first-order valence-corrected chi connectivity index (χ1v) is 13.2. The van der Waals surface area contributed by atoms with Gasteiger partial charge in [0.05, 0.1) is 39.3 Å². The summed E-state index contributed by atoms with van der Waals surface area (Å²) in [4.78, 5) is 74.2. The molecule has 1 radical (unpaired) electrons. The Bertz CT molecular complexity index is 888. The van der Waals surface area contributed by atoms with Crippen LogP contribution < -0.4 is 5.32 Å². The third kappa shape index (κ3) is 15.7. The van der Waals surface area contributed by atoms with Crippen LogP contribution in [0.5, 0.6) is 0 Å². The normalized spacial score (nSPS) is 18.7. The summed E-state index contributed by atoms with van der Waals surface area (Å²) in [6, 6.07) is 0. The number of hydrogen-bond donors (Lipinski definition) is 6. The van der Waals surface area contributed by atoms with Crippen LogP contribution in [0.1, 0.15) is 19.8 Å². The number of rotatable bonds is 13. The number of nitrogens with one attached hydrogen (secondary N) is 1. The Balaban J connectivity index is 0.0000160. The van der Waals surface area contributed by atoms with Crippen molar-refractivity contribution in [2.75, 3.05) is 98.2 Å². The van der Waals surface area contributed by atoms with Crippen molar-refractivity contribution in [1.82, 2.24) is 15.1 Å². The number of carbonyl (C=O) groups is 6. The molecule has 1 aliphatic rings. The van der Waals surface area contributed by atoms with Gasteiger partial charge < -0.3 is 39.8 Å². The van der Waals surface area contributed by atoms with E-state index in [0.29, 0.717) is 6.54 Å². The van der Waals surface area contributed by atoms with Crippen molar-refractivity contribution in [1.29, 1.82) is 0 Å². The summed E-state index contributed by atoms with van der Waals surface area (Å²) in [7, 11) is 0. The Morgan fingerprint density at radius 2 is 0.951 bits per heavy atom. The SMILES string of the molecule is CCNC(=O)CN1CCC[N+](CC(=O)O)(CC(=O)O)CCN(CC(=O)O)CCC[N+](CC(=O)O)(CC(=O)O)CC1.[64Cu+2]. The predicted molar refractivity (Wildman–Crippen MR) is 138 cm³/mol. The zero-order valence-electron chi connectivity index (χ0n) is 23.3. The van der Waals surface area contributed by atoms with Crippen LogP contribution in [0.15, 0.2) is 0 Å². The van der Waals surface area contributed by atoms with E-state index >= 15 is 0 Å². The third-order valence-electron chi connectivity index (χ3n) is 6.98. The molecule has 0 bridgehead atoms. The summed E-state index contributed by atoms with van der Waals surface area (Å²) >= 11 is 0. The maximum absolute atomic E-state index is 12.4. The van der Waals surface area contributed by atoms with Gasteiger partial charge in [-0.3, -0.25) is 19.4 Å². The molecule has 1 saturated heterocycles. The average Bonchev–Trinajstić information content (AvgIpc) is 2.78. The van der Waals surface area contributed by atoms with E-state index in [4.69, 9.17) is 0 Å². The van der Waals surface area contributed by atoms with Crippen molar-refractivity contribution in [3.63, 3.8) is 0 Å². The molecule has 6 N–H and O–H groups in total. The molecule has 0 aromatic heterocycles. The van der Waals surface area contributed by atoms with Crippen LogP contribution >= 0.6 is 0 Å². The fourth-order valence-electron chi connectivity index (χ4n) is 5.27. The van der Waals surface area contributed by atoms with Gasteiger partial charge in [0.15, 0.2) is 26.2 Å². The fraction of sp³-hybridized carbons (Fsp3) is 0.750. The predicted octanol–water partition coefficient (Wildman–Crippen LogP) is -2.43. The van der Waals surface area contributed by atoms with Crippen LogP contribution in [0.2, 0.25) is 0 Å². The zero-order chi connectivity index (χ0) is 30.3. The van der Waals surface area contributed by atoms with Gasteiger partial charge in [0.1, 0.15) is 0 Å². The molecule has 1 amide bonds. The first-order chi connectivity index (χ1) is 18.7. The first-order valence-electron chi connectivity index (χ1n) is 13.2. The van der Waals surface area contributed by atoms with Gasteiger partial charge in [0.25, 0.3) is 0 Å². The Kier molecular flexibility index (Phi) is 17.3. The number of quaternary nitrogens is 2. The van der Waals surface area contributed by atoms with Gasteiger partial charge in [-0.05, 0) is 6.92 Å². The van der Waals surface area contributed by atoms with Crippen LogP contribution in [-0.2, 0) is 45.8 Å². The minimum atomic E-state index is -1.20. The van der Waals surface area contributed by atoms with E-state index in [9.17, 15) is 54.3 Å². The zero-order valence-corrected chi connectivity index (χ0v) is 24.2. The minimum Gasteiger partial charge on any atom is -0.480 e. The Morgan fingerprint density at radius 3 is 1.27 bits per heavy atom. The molecule has 237 valence electrons. The van der Waals surface area contributed by atoms with E-state index in [1.165, 1.54) is 4.90 Å². The molecule has 0 unspecified atom stereocenters. The van der Waals surface area contributed by atoms with Crippen molar-refractivity contribution in [2.45, 2.75) is 19.8 Å². The van der Waals surface area contributed by atoms with Crippen LogP contribution in [0.3, 0.4) is 0 Å². The second-order valence-corrected chi connectivity index (χ2v) is 10.4. The first kappa shape index (κ1) is 38.2. The second-order valence-electron chi connectivity index (χ2n) is 10.4. The van der Waals surface area contributed by atoms with Crippen molar-refractivity contribution < 1.29 is 80.3 Å². The van der Waals surface area contributed by atoms with E-state index < -0.39 is 62.6 Å². The average molecular weight is 642 g/mol. The third-order valence-corrected chi connectivity index (χ3v) is 6.98. The molecule has 0 aromatic rings. The topological polar surface area (TPSA) is 222 Å².